The number of rotatable bonds is 5. The zero-order chi connectivity index (χ0) is 12.1. The number of hydrogen-bond donors (Lipinski definition) is 2. The minimum absolute atomic E-state index is 0.231. The molecule has 0 aliphatic carbocycles. The highest BCUT2D eigenvalue weighted by Crippen LogP contribution is 2.14. The molecule has 0 radical (unpaired) electrons. The van der Waals surface area contributed by atoms with Gasteiger partial charge in [-0.2, -0.15) is 0 Å². The van der Waals surface area contributed by atoms with Gasteiger partial charge in [0.15, 0.2) is 0 Å². The standard InChI is InChI=1S/C12H16N4O/c1-13-7-3-4-10-9-16(15-14-10)11-5-2-6-12(17)8-11/h2,5-6,8-9,13,17H,3-4,7H2,1H3. The van der Waals surface area contributed by atoms with Gasteiger partial charge in [0.2, 0.25) is 0 Å². The number of phenols is 1. The molecule has 0 saturated carbocycles. The first kappa shape index (κ1) is 11.6. The zero-order valence-electron chi connectivity index (χ0n) is 9.80. The molecule has 0 fully saturated rings. The molecule has 0 spiro atoms. The summed E-state index contributed by atoms with van der Waals surface area (Å²) in [6, 6.07) is 6.96. The van der Waals surface area contributed by atoms with Crippen LogP contribution >= 0.6 is 0 Å². The lowest BCUT2D eigenvalue weighted by atomic mass is 10.2. The molecular formula is C12H16N4O. The van der Waals surface area contributed by atoms with Crippen LogP contribution in [0.25, 0.3) is 5.69 Å². The maximum Gasteiger partial charge on any atom is 0.117 e. The summed E-state index contributed by atoms with van der Waals surface area (Å²) in [6.07, 6.45) is 3.83. The Morgan fingerprint density at radius 1 is 1.41 bits per heavy atom. The fourth-order valence-corrected chi connectivity index (χ4v) is 1.62. The number of benzene rings is 1. The van der Waals surface area contributed by atoms with Crippen LogP contribution in [-0.4, -0.2) is 33.7 Å². The molecule has 5 nitrogen and oxygen atoms in total. The molecule has 0 aliphatic rings. The van der Waals surface area contributed by atoms with E-state index in [4.69, 9.17) is 0 Å². The third kappa shape index (κ3) is 3.04. The van der Waals surface area contributed by atoms with Crippen LogP contribution in [0, 0.1) is 0 Å². The lowest BCUT2D eigenvalue weighted by molar-refractivity contribution is 0.474. The van der Waals surface area contributed by atoms with Gasteiger partial charge in [-0.3, -0.25) is 0 Å². The van der Waals surface area contributed by atoms with Crippen LogP contribution < -0.4 is 5.32 Å². The van der Waals surface area contributed by atoms with Gasteiger partial charge >= 0.3 is 0 Å². The summed E-state index contributed by atoms with van der Waals surface area (Å²) in [5.41, 5.74) is 1.78. The Morgan fingerprint density at radius 3 is 3.06 bits per heavy atom. The van der Waals surface area contributed by atoms with Crippen molar-refractivity contribution in [3.05, 3.63) is 36.2 Å². The summed E-state index contributed by atoms with van der Waals surface area (Å²) in [5.74, 6) is 0.231. The Kier molecular flexibility index (Phi) is 3.72. The molecule has 90 valence electrons. The summed E-state index contributed by atoms with van der Waals surface area (Å²) in [6.45, 7) is 0.971. The van der Waals surface area contributed by atoms with Crippen LogP contribution in [0.15, 0.2) is 30.5 Å². The van der Waals surface area contributed by atoms with E-state index in [1.165, 1.54) is 0 Å². The molecule has 0 aliphatic heterocycles. The monoisotopic (exact) mass is 232 g/mol. The molecule has 0 bridgehead atoms. The van der Waals surface area contributed by atoms with Crippen molar-refractivity contribution in [2.45, 2.75) is 12.8 Å². The molecule has 0 atom stereocenters. The summed E-state index contributed by atoms with van der Waals surface area (Å²) in [5, 5.41) is 20.6. The SMILES string of the molecule is CNCCCc1cn(-c2cccc(O)c2)nn1. The highest BCUT2D eigenvalue weighted by atomic mass is 16.3. The predicted octanol–water partition coefficient (Wildman–Crippen LogP) is 1.12. The molecule has 0 amide bonds. The number of aromatic nitrogens is 3. The predicted molar refractivity (Wildman–Crippen MR) is 65.3 cm³/mol. The smallest absolute Gasteiger partial charge is 0.117 e. The van der Waals surface area contributed by atoms with Crippen molar-refractivity contribution in [1.29, 1.82) is 0 Å². The highest BCUT2D eigenvalue weighted by molar-refractivity contribution is 5.37. The number of aryl methyl sites for hydroxylation is 1. The minimum Gasteiger partial charge on any atom is -0.508 e. The molecular weight excluding hydrogens is 216 g/mol. The van der Waals surface area contributed by atoms with E-state index in [0.29, 0.717) is 0 Å². The van der Waals surface area contributed by atoms with E-state index in [2.05, 4.69) is 15.6 Å². The molecule has 0 unspecified atom stereocenters. The van der Waals surface area contributed by atoms with Crippen LogP contribution in [0.3, 0.4) is 0 Å². The molecule has 1 aromatic carbocycles. The fraction of sp³-hybridized carbons (Fsp3) is 0.333. The van der Waals surface area contributed by atoms with Gasteiger partial charge in [-0.1, -0.05) is 11.3 Å². The molecule has 0 saturated heterocycles. The van der Waals surface area contributed by atoms with Crippen molar-refractivity contribution in [3.63, 3.8) is 0 Å². The van der Waals surface area contributed by atoms with Crippen molar-refractivity contribution < 1.29 is 5.11 Å². The molecule has 2 aromatic rings. The number of nitrogens with one attached hydrogen (secondary N) is 1. The third-order valence-corrected chi connectivity index (χ3v) is 2.49. The van der Waals surface area contributed by atoms with Crippen LogP contribution in [0.2, 0.25) is 0 Å². The maximum atomic E-state index is 9.38. The van der Waals surface area contributed by atoms with E-state index >= 15 is 0 Å². The Balaban J connectivity index is 2.07. The van der Waals surface area contributed by atoms with Crippen molar-refractivity contribution in [1.82, 2.24) is 20.3 Å². The van der Waals surface area contributed by atoms with E-state index in [9.17, 15) is 5.11 Å². The highest BCUT2D eigenvalue weighted by Gasteiger charge is 2.03. The molecule has 17 heavy (non-hydrogen) atoms. The average Bonchev–Trinajstić information content (AvgIpc) is 2.78. The Bertz CT molecular complexity index is 481. The largest absolute Gasteiger partial charge is 0.508 e. The third-order valence-electron chi connectivity index (χ3n) is 2.49. The second-order valence-electron chi connectivity index (χ2n) is 3.88. The van der Waals surface area contributed by atoms with E-state index < -0.39 is 0 Å². The van der Waals surface area contributed by atoms with E-state index in [0.717, 1.165) is 30.8 Å². The van der Waals surface area contributed by atoms with Crippen LogP contribution in [0.1, 0.15) is 12.1 Å². The first-order valence-electron chi connectivity index (χ1n) is 5.65. The Morgan fingerprint density at radius 2 is 2.29 bits per heavy atom. The second-order valence-corrected chi connectivity index (χ2v) is 3.88. The van der Waals surface area contributed by atoms with Gasteiger partial charge in [0.1, 0.15) is 5.75 Å². The average molecular weight is 232 g/mol. The van der Waals surface area contributed by atoms with Crippen molar-refractivity contribution >= 4 is 0 Å². The molecule has 1 aromatic heterocycles. The van der Waals surface area contributed by atoms with Gasteiger partial charge in [0.25, 0.3) is 0 Å². The molecule has 2 N–H and O–H groups in total. The zero-order valence-corrected chi connectivity index (χ0v) is 9.80. The quantitative estimate of drug-likeness (QED) is 0.758. The number of hydrogen-bond acceptors (Lipinski definition) is 4. The number of phenolic OH excluding ortho intramolecular Hbond substituents is 1. The lowest BCUT2D eigenvalue weighted by Crippen LogP contribution is -2.08. The summed E-state index contributed by atoms with van der Waals surface area (Å²) in [4.78, 5) is 0. The minimum atomic E-state index is 0.231. The van der Waals surface area contributed by atoms with Crippen LogP contribution in [0.4, 0.5) is 0 Å². The first-order valence-corrected chi connectivity index (χ1v) is 5.65. The second kappa shape index (κ2) is 5.45. The van der Waals surface area contributed by atoms with E-state index in [-0.39, 0.29) is 5.75 Å². The van der Waals surface area contributed by atoms with Gasteiger partial charge in [0, 0.05) is 6.07 Å². The Hall–Kier alpha value is -1.88. The number of aromatic hydroxyl groups is 1. The van der Waals surface area contributed by atoms with Crippen molar-refractivity contribution in [3.8, 4) is 11.4 Å². The van der Waals surface area contributed by atoms with Gasteiger partial charge in [-0.25, -0.2) is 4.68 Å². The first-order chi connectivity index (χ1) is 8.29. The van der Waals surface area contributed by atoms with Crippen molar-refractivity contribution in [2.75, 3.05) is 13.6 Å². The van der Waals surface area contributed by atoms with Gasteiger partial charge in [-0.15, -0.1) is 5.10 Å². The lowest BCUT2D eigenvalue weighted by Gasteiger charge is -1.99. The summed E-state index contributed by atoms with van der Waals surface area (Å²) >= 11 is 0. The molecule has 2 rings (SSSR count). The van der Waals surface area contributed by atoms with Gasteiger partial charge in [-0.05, 0) is 38.6 Å². The van der Waals surface area contributed by atoms with E-state index in [1.807, 2.05) is 19.3 Å². The molecule has 5 heteroatoms. The van der Waals surface area contributed by atoms with E-state index in [1.54, 1.807) is 22.9 Å². The van der Waals surface area contributed by atoms with Crippen LogP contribution in [-0.2, 0) is 6.42 Å². The molecule has 1 heterocycles. The van der Waals surface area contributed by atoms with Gasteiger partial charge in [0.05, 0.1) is 17.6 Å². The normalized spacial score (nSPS) is 10.6. The summed E-state index contributed by atoms with van der Waals surface area (Å²) < 4.78 is 1.68. The topological polar surface area (TPSA) is 63.0 Å². The fourth-order valence-electron chi connectivity index (χ4n) is 1.62. The Labute approximate surface area is 100 Å². The van der Waals surface area contributed by atoms with Crippen LogP contribution in [0.5, 0.6) is 5.75 Å². The number of nitrogens with zero attached hydrogens (tertiary/aromatic N) is 3. The maximum absolute atomic E-state index is 9.38. The van der Waals surface area contributed by atoms with Crippen molar-refractivity contribution in [2.24, 2.45) is 0 Å². The van der Waals surface area contributed by atoms with Gasteiger partial charge < -0.3 is 10.4 Å². The summed E-state index contributed by atoms with van der Waals surface area (Å²) in [7, 11) is 1.93.